The summed E-state index contributed by atoms with van der Waals surface area (Å²) >= 11 is 3.36. The van der Waals surface area contributed by atoms with E-state index in [1.807, 2.05) is 0 Å². The number of halogens is 1. The maximum atomic E-state index is 12.1. The fourth-order valence-corrected chi connectivity index (χ4v) is 2.64. The van der Waals surface area contributed by atoms with Crippen molar-refractivity contribution in [2.75, 3.05) is 21.3 Å². The Kier molecular flexibility index (Phi) is 3.28. The van der Waals surface area contributed by atoms with Crippen molar-refractivity contribution in [3.63, 3.8) is 0 Å². The van der Waals surface area contributed by atoms with Crippen LogP contribution in [0.1, 0.15) is 15.9 Å². The van der Waals surface area contributed by atoms with Gasteiger partial charge in [-0.1, -0.05) is 15.9 Å². The molecule has 4 nitrogen and oxygen atoms in total. The molecule has 0 radical (unpaired) electrons. The van der Waals surface area contributed by atoms with Gasteiger partial charge in [-0.25, -0.2) is 0 Å². The van der Waals surface area contributed by atoms with Crippen LogP contribution in [0, 0.1) is 0 Å². The maximum absolute atomic E-state index is 12.1. The number of benzene rings is 1. The first-order valence-electron chi connectivity index (χ1n) is 5.14. The minimum Gasteiger partial charge on any atom is -0.496 e. The van der Waals surface area contributed by atoms with Crippen molar-refractivity contribution in [3.8, 4) is 17.2 Å². The van der Waals surface area contributed by atoms with Crippen LogP contribution in [0.5, 0.6) is 17.2 Å². The van der Waals surface area contributed by atoms with Crippen LogP contribution in [0.4, 0.5) is 0 Å². The highest BCUT2D eigenvalue weighted by molar-refractivity contribution is 9.10. The summed E-state index contributed by atoms with van der Waals surface area (Å²) < 4.78 is 15.8. The third-order valence-electron chi connectivity index (χ3n) is 2.87. The molecule has 0 spiro atoms. The molecule has 0 aromatic heterocycles. The quantitative estimate of drug-likeness (QED) is 0.803. The number of alkyl halides is 1. The molecule has 17 heavy (non-hydrogen) atoms. The second kappa shape index (κ2) is 4.56. The van der Waals surface area contributed by atoms with Gasteiger partial charge in [-0.3, -0.25) is 4.79 Å². The number of hydrogen-bond donors (Lipinski definition) is 0. The van der Waals surface area contributed by atoms with Gasteiger partial charge in [-0.05, 0) is 6.42 Å². The number of fused-ring (bicyclic) bond motifs is 1. The van der Waals surface area contributed by atoms with Gasteiger partial charge in [0.25, 0.3) is 0 Å². The first kappa shape index (κ1) is 12.2. The predicted molar refractivity (Wildman–Crippen MR) is 66.8 cm³/mol. The molecule has 0 fully saturated rings. The van der Waals surface area contributed by atoms with Gasteiger partial charge in [0.1, 0.15) is 5.75 Å². The van der Waals surface area contributed by atoms with Crippen LogP contribution in [0.2, 0.25) is 0 Å². The zero-order valence-electron chi connectivity index (χ0n) is 9.87. The van der Waals surface area contributed by atoms with Crippen LogP contribution in [-0.2, 0) is 6.42 Å². The smallest absolute Gasteiger partial charge is 0.181 e. The summed E-state index contributed by atoms with van der Waals surface area (Å²) in [5.74, 6) is 1.66. The lowest BCUT2D eigenvalue weighted by atomic mass is 10.1. The molecule has 2 rings (SSSR count). The summed E-state index contributed by atoms with van der Waals surface area (Å²) in [6.45, 7) is 0. The lowest BCUT2D eigenvalue weighted by Gasteiger charge is -2.14. The van der Waals surface area contributed by atoms with Crippen LogP contribution in [-0.4, -0.2) is 31.9 Å². The summed E-state index contributed by atoms with van der Waals surface area (Å²) in [5, 5.41) is 0. The molecule has 0 amide bonds. The van der Waals surface area contributed by atoms with Crippen molar-refractivity contribution in [2.24, 2.45) is 0 Å². The largest absolute Gasteiger partial charge is 0.496 e. The van der Waals surface area contributed by atoms with Crippen molar-refractivity contribution in [2.45, 2.75) is 11.2 Å². The van der Waals surface area contributed by atoms with Crippen molar-refractivity contribution in [1.82, 2.24) is 0 Å². The number of ether oxygens (including phenoxy) is 3. The van der Waals surface area contributed by atoms with Gasteiger partial charge in [0, 0.05) is 11.6 Å². The molecule has 0 saturated heterocycles. The van der Waals surface area contributed by atoms with E-state index in [0.717, 1.165) is 5.56 Å². The topological polar surface area (TPSA) is 44.8 Å². The second-order valence-electron chi connectivity index (χ2n) is 3.70. The van der Waals surface area contributed by atoms with Crippen molar-refractivity contribution < 1.29 is 19.0 Å². The summed E-state index contributed by atoms with van der Waals surface area (Å²) in [6.07, 6.45) is 0.609. The van der Waals surface area contributed by atoms with Crippen molar-refractivity contribution in [1.29, 1.82) is 0 Å². The van der Waals surface area contributed by atoms with E-state index in [2.05, 4.69) is 15.9 Å². The molecular weight excluding hydrogens is 288 g/mol. The lowest BCUT2D eigenvalue weighted by molar-refractivity contribution is 0.0999. The lowest BCUT2D eigenvalue weighted by Crippen LogP contribution is -2.07. The Hall–Kier alpha value is -1.23. The Labute approximate surface area is 108 Å². The zero-order chi connectivity index (χ0) is 12.6. The van der Waals surface area contributed by atoms with E-state index in [4.69, 9.17) is 14.2 Å². The maximum Gasteiger partial charge on any atom is 0.181 e. The molecule has 1 unspecified atom stereocenters. The van der Waals surface area contributed by atoms with Crippen molar-refractivity contribution >= 4 is 21.7 Å². The molecule has 5 heteroatoms. The van der Waals surface area contributed by atoms with E-state index in [0.29, 0.717) is 29.2 Å². The highest BCUT2D eigenvalue weighted by atomic mass is 79.9. The number of carbonyl (C=O) groups is 1. The van der Waals surface area contributed by atoms with E-state index in [-0.39, 0.29) is 10.6 Å². The Morgan fingerprint density at radius 3 is 2.35 bits per heavy atom. The van der Waals surface area contributed by atoms with Gasteiger partial charge in [-0.2, -0.15) is 0 Å². The van der Waals surface area contributed by atoms with Gasteiger partial charge in [0.05, 0.1) is 31.7 Å². The molecule has 1 aromatic carbocycles. The minimum atomic E-state index is -0.215. The molecule has 0 aliphatic heterocycles. The summed E-state index contributed by atoms with van der Waals surface area (Å²) in [4.78, 5) is 11.9. The number of ketones is 1. The van der Waals surface area contributed by atoms with Gasteiger partial charge in [0.2, 0.25) is 0 Å². The van der Waals surface area contributed by atoms with Crippen LogP contribution < -0.4 is 14.2 Å². The monoisotopic (exact) mass is 300 g/mol. The van der Waals surface area contributed by atoms with Crippen molar-refractivity contribution in [3.05, 3.63) is 17.2 Å². The molecule has 1 atom stereocenters. The van der Waals surface area contributed by atoms with E-state index < -0.39 is 0 Å². The number of carbonyl (C=O) groups excluding carboxylic acids is 1. The average Bonchev–Trinajstić information content (AvgIpc) is 2.64. The SMILES string of the molecule is COc1cc(OC)c(OC)c2c1CC(Br)C2=O. The van der Waals surface area contributed by atoms with Gasteiger partial charge in [0.15, 0.2) is 17.3 Å². The van der Waals surface area contributed by atoms with E-state index >= 15 is 0 Å². The Morgan fingerprint density at radius 1 is 1.18 bits per heavy atom. The fourth-order valence-electron chi connectivity index (χ4n) is 2.08. The Bertz CT molecular complexity index is 470. The van der Waals surface area contributed by atoms with Crippen LogP contribution in [0.25, 0.3) is 0 Å². The molecule has 0 saturated carbocycles. The number of rotatable bonds is 3. The molecule has 1 aliphatic rings. The molecule has 0 heterocycles. The summed E-state index contributed by atoms with van der Waals surface area (Å²) in [7, 11) is 4.64. The third kappa shape index (κ3) is 1.78. The number of Topliss-reactive ketones (excluding diaryl/α,β-unsaturated/α-hetero) is 1. The normalized spacial score (nSPS) is 17.9. The Morgan fingerprint density at radius 2 is 1.82 bits per heavy atom. The molecule has 0 bridgehead atoms. The second-order valence-corrected chi connectivity index (χ2v) is 4.81. The van der Waals surface area contributed by atoms with E-state index in [1.54, 1.807) is 13.2 Å². The van der Waals surface area contributed by atoms with Crippen LogP contribution >= 0.6 is 15.9 Å². The molecule has 92 valence electrons. The fraction of sp³-hybridized carbons (Fsp3) is 0.417. The van der Waals surface area contributed by atoms with Gasteiger partial charge >= 0.3 is 0 Å². The average molecular weight is 301 g/mol. The number of methoxy groups -OCH3 is 3. The summed E-state index contributed by atoms with van der Waals surface area (Å²) in [6, 6.07) is 1.75. The predicted octanol–water partition coefficient (Wildman–Crippen LogP) is 2.21. The van der Waals surface area contributed by atoms with Gasteiger partial charge < -0.3 is 14.2 Å². The minimum absolute atomic E-state index is 0.00838. The standard InChI is InChI=1S/C12H13BrO4/c1-15-8-5-9(16-2)12(17-3)10-6(8)4-7(13)11(10)14/h5,7H,4H2,1-3H3. The first-order valence-corrected chi connectivity index (χ1v) is 6.05. The third-order valence-corrected chi connectivity index (χ3v) is 3.61. The summed E-state index contributed by atoms with van der Waals surface area (Å²) in [5.41, 5.74) is 1.43. The highest BCUT2D eigenvalue weighted by Gasteiger charge is 2.36. The zero-order valence-corrected chi connectivity index (χ0v) is 11.5. The highest BCUT2D eigenvalue weighted by Crippen LogP contribution is 2.45. The van der Waals surface area contributed by atoms with Gasteiger partial charge in [-0.15, -0.1) is 0 Å². The van der Waals surface area contributed by atoms with E-state index in [1.165, 1.54) is 14.2 Å². The molecule has 1 aromatic rings. The van der Waals surface area contributed by atoms with Crippen LogP contribution in [0.3, 0.4) is 0 Å². The molecule has 1 aliphatic carbocycles. The van der Waals surface area contributed by atoms with E-state index in [9.17, 15) is 4.79 Å². The first-order chi connectivity index (χ1) is 8.13. The molecule has 0 N–H and O–H groups in total. The van der Waals surface area contributed by atoms with Crippen LogP contribution in [0.15, 0.2) is 6.07 Å². The number of hydrogen-bond acceptors (Lipinski definition) is 4. The molecular formula is C12H13BrO4. The Balaban J connectivity index is 2.71.